The first-order valence-corrected chi connectivity index (χ1v) is 4.41. The summed E-state index contributed by atoms with van der Waals surface area (Å²) in [6.07, 6.45) is 0.123. The second kappa shape index (κ2) is 2.99. The molecule has 2 atom stereocenters. The standard InChI is InChI=1S/C9H10O2S/c10-7-5-9(12)11-8-4-2-1-3-6(7)8/h1-4,7,9-10,12H,5H2/t7-,9-/m0/s1. The van der Waals surface area contributed by atoms with Crippen LogP contribution in [0.4, 0.5) is 0 Å². The van der Waals surface area contributed by atoms with E-state index in [1.807, 2.05) is 24.3 Å². The van der Waals surface area contributed by atoms with Crippen LogP contribution in [0.3, 0.4) is 0 Å². The molecule has 0 aromatic heterocycles. The lowest BCUT2D eigenvalue weighted by Crippen LogP contribution is -2.20. The number of hydrogen-bond donors (Lipinski definition) is 2. The van der Waals surface area contributed by atoms with Gasteiger partial charge in [-0.05, 0) is 6.07 Å². The number of para-hydroxylation sites is 1. The van der Waals surface area contributed by atoms with Gasteiger partial charge in [-0.2, -0.15) is 0 Å². The Morgan fingerprint density at radius 2 is 2.17 bits per heavy atom. The third-order valence-corrected chi connectivity index (χ3v) is 2.28. The van der Waals surface area contributed by atoms with E-state index in [0.29, 0.717) is 6.42 Å². The zero-order valence-electron chi connectivity index (χ0n) is 6.47. The Hall–Kier alpha value is -0.670. The van der Waals surface area contributed by atoms with E-state index in [-0.39, 0.29) is 5.44 Å². The number of aliphatic hydroxyl groups excluding tert-OH is 1. The molecule has 0 fully saturated rings. The van der Waals surface area contributed by atoms with Crippen LogP contribution >= 0.6 is 12.6 Å². The van der Waals surface area contributed by atoms with E-state index in [2.05, 4.69) is 12.6 Å². The quantitative estimate of drug-likeness (QED) is 0.599. The highest BCUT2D eigenvalue weighted by molar-refractivity contribution is 7.80. The number of aliphatic hydroxyl groups is 1. The Balaban J connectivity index is 2.40. The summed E-state index contributed by atoms with van der Waals surface area (Å²) in [4.78, 5) is 0. The predicted molar refractivity (Wildman–Crippen MR) is 49.4 cm³/mol. The molecule has 2 nitrogen and oxygen atoms in total. The van der Waals surface area contributed by atoms with E-state index in [4.69, 9.17) is 4.74 Å². The molecule has 3 heteroatoms. The minimum absolute atomic E-state index is 0.185. The highest BCUT2D eigenvalue weighted by Crippen LogP contribution is 2.34. The van der Waals surface area contributed by atoms with Gasteiger partial charge in [0, 0.05) is 12.0 Å². The van der Waals surface area contributed by atoms with Crippen molar-refractivity contribution in [2.45, 2.75) is 18.0 Å². The third-order valence-electron chi connectivity index (χ3n) is 1.97. The zero-order chi connectivity index (χ0) is 8.55. The van der Waals surface area contributed by atoms with Crippen LogP contribution in [0.2, 0.25) is 0 Å². The van der Waals surface area contributed by atoms with Gasteiger partial charge in [0.05, 0.1) is 6.10 Å². The summed E-state index contributed by atoms with van der Waals surface area (Å²) in [7, 11) is 0. The second-order valence-corrected chi connectivity index (χ2v) is 3.44. The fraction of sp³-hybridized carbons (Fsp3) is 0.333. The molecule has 2 rings (SSSR count). The molecular formula is C9H10O2S. The molecule has 1 aliphatic rings. The minimum atomic E-state index is -0.433. The molecule has 0 radical (unpaired) electrons. The average molecular weight is 182 g/mol. The highest BCUT2D eigenvalue weighted by atomic mass is 32.1. The Morgan fingerprint density at radius 1 is 1.42 bits per heavy atom. The van der Waals surface area contributed by atoms with Crippen molar-refractivity contribution in [3.8, 4) is 5.75 Å². The highest BCUT2D eigenvalue weighted by Gasteiger charge is 2.23. The van der Waals surface area contributed by atoms with Gasteiger partial charge < -0.3 is 9.84 Å². The zero-order valence-corrected chi connectivity index (χ0v) is 7.37. The smallest absolute Gasteiger partial charge is 0.144 e. The van der Waals surface area contributed by atoms with E-state index in [1.165, 1.54) is 0 Å². The van der Waals surface area contributed by atoms with Crippen molar-refractivity contribution >= 4 is 12.6 Å². The molecule has 0 saturated carbocycles. The fourth-order valence-electron chi connectivity index (χ4n) is 1.38. The van der Waals surface area contributed by atoms with E-state index >= 15 is 0 Å². The lowest BCUT2D eigenvalue weighted by atomic mass is 10.0. The van der Waals surface area contributed by atoms with Gasteiger partial charge in [-0.25, -0.2) is 0 Å². The first kappa shape index (κ1) is 7.95. The molecule has 1 aromatic carbocycles. The maximum absolute atomic E-state index is 9.60. The van der Waals surface area contributed by atoms with Crippen molar-refractivity contribution < 1.29 is 9.84 Å². The van der Waals surface area contributed by atoms with Crippen LogP contribution in [-0.4, -0.2) is 10.5 Å². The maximum Gasteiger partial charge on any atom is 0.144 e. The number of thiol groups is 1. The molecule has 1 heterocycles. The molecular weight excluding hydrogens is 172 g/mol. The number of fused-ring (bicyclic) bond motifs is 1. The van der Waals surface area contributed by atoms with Crippen LogP contribution in [0.15, 0.2) is 24.3 Å². The Kier molecular flexibility index (Phi) is 1.98. The summed E-state index contributed by atoms with van der Waals surface area (Å²) in [6.45, 7) is 0. The van der Waals surface area contributed by atoms with Crippen molar-refractivity contribution in [1.82, 2.24) is 0 Å². The SMILES string of the molecule is O[C@H]1C[C@H](S)Oc2ccccc21. The number of hydrogen-bond acceptors (Lipinski definition) is 3. The normalized spacial score (nSPS) is 27.5. The lowest BCUT2D eigenvalue weighted by molar-refractivity contribution is 0.103. The second-order valence-electron chi connectivity index (χ2n) is 2.86. The van der Waals surface area contributed by atoms with Crippen LogP contribution in [0.5, 0.6) is 5.75 Å². The molecule has 0 spiro atoms. The van der Waals surface area contributed by atoms with E-state index < -0.39 is 6.10 Å². The van der Waals surface area contributed by atoms with E-state index in [1.54, 1.807) is 0 Å². The number of benzene rings is 1. The fourth-order valence-corrected chi connectivity index (χ4v) is 1.69. The first-order valence-electron chi connectivity index (χ1n) is 3.89. The molecule has 64 valence electrons. The third kappa shape index (κ3) is 1.30. The number of rotatable bonds is 0. The molecule has 1 aliphatic heterocycles. The number of ether oxygens (including phenoxy) is 1. The van der Waals surface area contributed by atoms with Gasteiger partial charge in [0.25, 0.3) is 0 Å². The summed E-state index contributed by atoms with van der Waals surface area (Å²) in [6, 6.07) is 7.50. The largest absolute Gasteiger partial charge is 0.480 e. The summed E-state index contributed by atoms with van der Waals surface area (Å²) < 4.78 is 5.41. The van der Waals surface area contributed by atoms with Crippen molar-refractivity contribution in [3.63, 3.8) is 0 Å². The van der Waals surface area contributed by atoms with Gasteiger partial charge >= 0.3 is 0 Å². The van der Waals surface area contributed by atoms with Crippen molar-refractivity contribution in [2.75, 3.05) is 0 Å². The minimum Gasteiger partial charge on any atom is -0.480 e. The van der Waals surface area contributed by atoms with Gasteiger partial charge in [0.1, 0.15) is 11.2 Å². The Bertz CT molecular complexity index is 288. The van der Waals surface area contributed by atoms with Crippen LogP contribution in [0.1, 0.15) is 18.1 Å². The topological polar surface area (TPSA) is 29.5 Å². The van der Waals surface area contributed by atoms with Crippen LogP contribution in [0, 0.1) is 0 Å². The molecule has 0 aliphatic carbocycles. The lowest BCUT2D eigenvalue weighted by Gasteiger charge is -2.26. The van der Waals surface area contributed by atoms with Gasteiger partial charge in [-0.15, -0.1) is 12.6 Å². The van der Waals surface area contributed by atoms with Gasteiger partial charge in [0.15, 0.2) is 0 Å². The molecule has 0 amide bonds. The van der Waals surface area contributed by atoms with Crippen molar-refractivity contribution in [2.24, 2.45) is 0 Å². The van der Waals surface area contributed by atoms with Crippen molar-refractivity contribution in [1.29, 1.82) is 0 Å². The Labute approximate surface area is 76.6 Å². The molecule has 12 heavy (non-hydrogen) atoms. The van der Waals surface area contributed by atoms with E-state index in [0.717, 1.165) is 11.3 Å². The maximum atomic E-state index is 9.60. The summed E-state index contributed by atoms with van der Waals surface area (Å²) >= 11 is 4.16. The monoisotopic (exact) mass is 182 g/mol. The molecule has 0 bridgehead atoms. The van der Waals surface area contributed by atoms with Crippen LogP contribution in [0.25, 0.3) is 0 Å². The summed E-state index contributed by atoms with van der Waals surface area (Å²) in [5.41, 5.74) is 0.678. The molecule has 0 saturated heterocycles. The molecule has 1 N–H and O–H groups in total. The molecule has 1 aromatic rings. The molecule has 0 unspecified atom stereocenters. The average Bonchev–Trinajstić information content (AvgIpc) is 2.04. The first-order chi connectivity index (χ1) is 5.77. The predicted octanol–water partition coefficient (Wildman–Crippen LogP) is 1.76. The Morgan fingerprint density at radius 3 is 3.00 bits per heavy atom. The van der Waals surface area contributed by atoms with E-state index in [9.17, 15) is 5.11 Å². The summed E-state index contributed by atoms with van der Waals surface area (Å²) in [5.74, 6) is 0.747. The van der Waals surface area contributed by atoms with Crippen LogP contribution < -0.4 is 4.74 Å². The van der Waals surface area contributed by atoms with Gasteiger partial charge in [-0.1, -0.05) is 18.2 Å². The van der Waals surface area contributed by atoms with Crippen LogP contribution in [-0.2, 0) is 0 Å². The van der Waals surface area contributed by atoms with Crippen molar-refractivity contribution in [3.05, 3.63) is 29.8 Å². The van der Waals surface area contributed by atoms with Gasteiger partial charge in [-0.3, -0.25) is 0 Å². The van der Waals surface area contributed by atoms with Gasteiger partial charge in [0.2, 0.25) is 0 Å². The summed E-state index contributed by atoms with van der Waals surface area (Å²) in [5, 5.41) is 9.60.